The molecule has 1 N–H and O–H groups in total. The Morgan fingerprint density at radius 1 is 1.09 bits per heavy atom. The number of halogens is 1. The monoisotopic (exact) mass is 552 g/mol. The second-order valence-corrected chi connectivity index (χ2v) is 9.46. The first-order chi connectivity index (χ1) is 16.9. The van der Waals surface area contributed by atoms with Crippen molar-refractivity contribution in [1.29, 1.82) is 0 Å². The Morgan fingerprint density at radius 2 is 1.80 bits per heavy atom. The van der Waals surface area contributed by atoms with Gasteiger partial charge in [0.05, 0.1) is 18.9 Å². The maximum absolute atomic E-state index is 13.4. The molecule has 2 aromatic carbocycles. The van der Waals surface area contributed by atoms with Gasteiger partial charge in [-0.25, -0.2) is 0 Å². The summed E-state index contributed by atoms with van der Waals surface area (Å²) < 4.78 is 8.05. The summed E-state index contributed by atoms with van der Waals surface area (Å²) in [5.74, 6) is -1.08. The number of ether oxygens (including phenoxy) is 1. The molecule has 2 aliphatic heterocycles. The molecule has 0 bridgehead atoms. The molecule has 3 amide bonds. The Bertz CT molecular complexity index is 1380. The molecule has 0 saturated carbocycles. The van der Waals surface area contributed by atoms with E-state index in [1.54, 1.807) is 41.4 Å². The van der Waals surface area contributed by atoms with E-state index in [0.717, 1.165) is 15.4 Å². The van der Waals surface area contributed by atoms with E-state index in [4.69, 9.17) is 17.0 Å². The first-order valence-electron chi connectivity index (χ1n) is 11.0. The number of thiocarbonyl (C=S) groups is 1. The first kappa shape index (κ1) is 23.4. The summed E-state index contributed by atoms with van der Waals surface area (Å²) in [5, 5.41) is 3.47. The van der Waals surface area contributed by atoms with Gasteiger partial charge in [-0.05, 0) is 48.6 Å². The molecule has 8 nitrogen and oxygen atoms in total. The van der Waals surface area contributed by atoms with Crippen LogP contribution in [0.15, 0.2) is 64.8 Å². The van der Waals surface area contributed by atoms with E-state index >= 15 is 0 Å². The van der Waals surface area contributed by atoms with Crippen LogP contribution in [0.2, 0.25) is 0 Å². The number of morpholine rings is 1. The zero-order chi connectivity index (χ0) is 24.5. The minimum atomic E-state index is -0.561. The predicted molar refractivity (Wildman–Crippen MR) is 140 cm³/mol. The topological polar surface area (TPSA) is 83.9 Å². The molecule has 3 heterocycles. The average Bonchev–Trinajstić information content (AvgIpc) is 3.20. The second-order valence-electron chi connectivity index (χ2n) is 8.16. The molecule has 0 unspecified atom stereocenters. The number of anilines is 1. The summed E-state index contributed by atoms with van der Waals surface area (Å²) in [6.45, 7) is 2.34. The lowest BCUT2D eigenvalue weighted by Crippen LogP contribution is -2.54. The lowest BCUT2D eigenvalue weighted by molar-refractivity contribution is -0.135. The van der Waals surface area contributed by atoms with Crippen molar-refractivity contribution < 1.29 is 19.1 Å². The van der Waals surface area contributed by atoms with Crippen molar-refractivity contribution in [3.05, 3.63) is 70.3 Å². The van der Waals surface area contributed by atoms with Crippen LogP contribution in [0.1, 0.15) is 5.56 Å². The third-order valence-corrected chi connectivity index (χ3v) is 6.79. The fourth-order valence-electron chi connectivity index (χ4n) is 4.22. The van der Waals surface area contributed by atoms with Crippen molar-refractivity contribution in [1.82, 2.24) is 14.8 Å². The summed E-state index contributed by atoms with van der Waals surface area (Å²) in [4.78, 5) is 42.1. The standard InChI is InChI=1S/C25H21BrN4O4S/c26-17-5-7-18(8-6-17)30-24(33)20(23(32)27-25(30)35)13-16-14-29(21-4-2-1-3-19(16)21)15-22(31)28-9-11-34-12-10-28/h1-8,13-14H,9-12,15H2,(H,27,32,35)/b20-13-. The Balaban J connectivity index is 1.50. The van der Waals surface area contributed by atoms with Crippen molar-refractivity contribution in [3.63, 3.8) is 0 Å². The zero-order valence-corrected chi connectivity index (χ0v) is 21.0. The van der Waals surface area contributed by atoms with E-state index in [1.807, 2.05) is 28.8 Å². The molecule has 0 aliphatic carbocycles. The molecule has 35 heavy (non-hydrogen) atoms. The van der Waals surface area contributed by atoms with Gasteiger partial charge < -0.3 is 14.2 Å². The number of aromatic nitrogens is 1. The summed E-state index contributed by atoms with van der Waals surface area (Å²) >= 11 is 8.66. The molecule has 1 aromatic heterocycles. The normalized spacial score (nSPS) is 17.9. The number of hydrogen-bond donors (Lipinski definition) is 1. The van der Waals surface area contributed by atoms with Crippen molar-refractivity contribution in [3.8, 4) is 0 Å². The van der Waals surface area contributed by atoms with Crippen LogP contribution in [0.4, 0.5) is 5.69 Å². The summed E-state index contributed by atoms with van der Waals surface area (Å²) in [6, 6.07) is 14.7. The van der Waals surface area contributed by atoms with Crippen LogP contribution in [0.3, 0.4) is 0 Å². The maximum Gasteiger partial charge on any atom is 0.270 e. The predicted octanol–water partition coefficient (Wildman–Crippen LogP) is 3.09. The number of benzene rings is 2. The van der Waals surface area contributed by atoms with Crippen LogP contribution in [-0.2, 0) is 25.7 Å². The Morgan fingerprint density at radius 3 is 2.54 bits per heavy atom. The zero-order valence-electron chi connectivity index (χ0n) is 18.6. The van der Waals surface area contributed by atoms with Crippen LogP contribution in [0.5, 0.6) is 0 Å². The third-order valence-electron chi connectivity index (χ3n) is 5.98. The van der Waals surface area contributed by atoms with Gasteiger partial charge in [-0.2, -0.15) is 0 Å². The van der Waals surface area contributed by atoms with Crippen LogP contribution in [-0.4, -0.2) is 58.6 Å². The number of amides is 3. The van der Waals surface area contributed by atoms with Gasteiger partial charge in [0, 0.05) is 40.2 Å². The van der Waals surface area contributed by atoms with Gasteiger partial charge in [0.2, 0.25) is 5.91 Å². The van der Waals surface area contributed by atoms with Gasteiger partial charge in [-0.15, -0.1) is 0 Å². The van der Waals surface area contributed by atoms with Crippen LogP contribution < -0.4 is 10.2 Å². The largest absolute Gasteiger partial charge is 0.378 e. The molecule has 2 aliphatic rings. The maximum atomic E-state index is 13.4. The van der Waals surface area contributed by atoms with Crippen LogP contribution in [0.25, 0.3) is 17.0 Å². The van der Waals surface area contributed by atoms with E-state index in [1.165, 1.54) is 4.90 Å². The SMILES string of the molecule is O=C1NC(=S)N(c2ccc(Br)cc2)C(=O)/C1=C\c1cn(CC(=O)N2CCOCC2)c2ccccc12. The Kier molecular flexibility index (Phi) is 6.50. The van der Waals surface area contributed by atoms with Crippen molar-refractivity contribution in [2.24, 2.45) is 0 Å². The number of nitrogens with one attached hydrogen (secondary N) is 1. The van der Waals surface area contributed by atoms with E-state index in [9.17, 15) is 14.4 Å². The molecule has 2 saturated heterocycles. The second kappa shape index (κ2) is 9.73. The van der Waals surface area contributed by atoms with Gasteiger partial charge in [-0.1, -0.05) is 34.1 Å². The summed E-state index contributed by atoms with van der Waals surface area (Å²) in [6.07, 6.45) is 3.36. The lowest BCUT2D eigenvalue weighted by atomic mass is 10.1. The fraction of sp³-hybridized carbons (Fsp3) is 0.200. The number of carbonyl (C=O) groups is 3. The minimum Gasteiger partial charge on any atom is -0.378 e. The van der Waals surface area contributed by atoms with Crippen molar-refractivity contribution in [2.45, 2.75) is 6.54 Å². The number of nitrogens with zero attached hydrogens (tertiary/aromatic N) is 3. The third kappa shape index (κ3) is 4.64. The van der Waals surface area contributed by atoms with E-state index in [0.29, 0.717) is 37.6 Å². The summed E-state index contributed by atoms with van der Waals surface area (Å²) in [5.41, 5.74) is 2.01. The Hall–Kier alpha value is -3.34. The molecule has 3 aromatic rings. The van der Waals surface area contributed by atoms with Crippen LogP contribution in [0, 0.1) is 0 Å². The smallest absolute Gasteiger partial charge is 0.270 e. The highest BCUT2D eigenvalue weighted by Crippen LogP contribution is 2.27. The molecule has 5 rings (SSSR count). The van der Waals surface area contributed by atoms with Crippen LogP contribution >= 0.6 is 28.1 Å². The molecule has 0 radical (unpaired) electrons. The number of fused-ring (bicyclic) bond motifs is 1. The molecule has 0 spiro atoms. The number of carbonyl (C=O) groups excluding carboxylic acids is 3. The first-order valence-corrected chi connectivity index (χ1v) is 12.2. The highest BCUT2D eigenvalue weighted by molar-refractivity contribution is 9.10. The Labute approximate surface area is 215 Å². The van der Waals surface area contributed by atoms with E-state index in [-0.39, 0.29) is 23.1 Å². The lowest BCUT2D eigenvalue weighted by Gasteiger charge is -2.28. The molecule has 0 atom stereocenters. The fourth-order valence-corrected chi connectivity index (χ4v) is 4.76. The quantitative estimate of drug-likeness (QED) is 0.305. The molecule has 178 valence electrons. The van der Waals surface area contributed by atoms with E-state index < -0.39 is 11.8 Å². The number of hydrogen-bond acceptors (Lipinski definition) is 5. The number of para-hydroxylation sites is 1. The molecular formula is C25H21BrN4O4S. The summed E-state index contributed by atoms with van der Waals surface area (Å²) in [7, 11) is 0. The van der Waals surface area contributed by atoms with Gasteiger partial charge in [0.15, 0.2) is 5.11 Å². The van der Waals surface area contributed by atoms with Crippen molar-refractivity contribution >= 4 is 73.6 Å². The molecule has 2 fully saturated rings. The van der Waals surface area contributed by atoms with Gasteiger partial charge >= 0.3 is 0 Å². The van der Waals surface area contributed by atoms with Gasteiger partial charge in [0.1, 0.15) is 12.1 Å². The van der Waals surface area contributed by atoms with Crippen molar-refractivity contribution in [2.75, 3.05) is 31.2 Å². The van der Waals surface area contributed by atoms with E-state index in [2.05, 4.69) is 21.2 Å². The number of rotatable bonds is 4. The highest BCUT2D eigenvalue weighted by atomic mass is 79.9. The molecular weight excluding hydrogens is 532 g/mol. The minimum absolute atomic E-state index is 0.00787. The van der Waals surface area contributed by atoms with Gasteiger partial charge in [-0.3, -0.25) is 24.6 Å². The average molecular weight is 553 g/mol. The highest BCUT2D eigenvalue weighted by Gasteiger charge is 2.34. The molecule has 10 heteroatoms. The van der Waals surface area contributed by atoms with Gasteiger partial charge in [0.25, 0.3) is 11.8 Å².